The quantitative estimate of drug-likeness (QED) is 0.665. The van der Waals surface area contributed by atoms with Crippen LogP contribution in [-0.4, -0.2) is 45.9 Å². The highest BCUT2D eigenvalue weighted by Crippen LogP contribution is 2.42. The van der Waals surface area contributed by atoms with E-state index in [9.17, 15) is 19.2 Å². The Morgan fingerprint density at radius 3 is 2.64 bits per heavy atom. The minimum absolute atomic E-state index is 0.119. The molecule has 0 radical (unpaired) electrons. The van der Waals surface area contributed by atoms with E-state index in [1.807, 2.05) is 0 Å². The third-order valence-corrected chi connectivity index (χ3v) is 4.63. The minimum atomic E-state index is -1.02. The van der Waals surface area contributed by atoms with Gasteiger partial charge in [-0.05, 0) is 37.3 Å². The summed E-state index contributed by atoms with van der Waals surface area (Å²) in [6.45, 7) is 1.28. The van der Waals surface area contributed by atoms with Crippen LogP contribution in [-0.2, 0) is 20.8 Å². The van der Waals surface area contributed by atoms with Crippen LogP contribution in [0.2, 0.25) is 0 Å². The summed E-state index contributed by atoms with van der Waals surface area (Å²) in [5.74, 6) is -1.85. The molecule has 1 saturated carbocycles. The number of carbonyl (C=O) groups excluding carboxylic acids is 3. The Balaban J connectivity index is 1.68. The van der Waals surface area contributed by atoms with Crippen LogP contribution in [0.5, 0.6) is 0 Å². The summed E-state index contributed by atoms with van der Waals surface area (Å²) in [4.78, 5) is 48.6. The van der Waals surface area contributed by atoms with Gasteiger partial charge in [-0.2, -0.15) is 0 Å². The number of rotatable bonds is 6. The molecule has 1 saturated heterocycles. The largest absolute Gasteiger partial charge is 0.481 e. The molecular formula is C17H19N3O5. The molecule has 1 aromatic rings. The Morgan fingerprint density at radius 1 is 1.32 bits per heavy atom. The molecule has 1 heterocycles. The molecule has 1 aliphatic heterocycles. The molecule has 0 spiro atoms. The molecular weight excluding hydrogens is 326 g/mol. The second kappa shape index (κ2) is 6.19. The summed E-state index contributed by atoms with van der Waals surface area (Å²) < 4.78 is 0. The summed E-state index contributed by atoms with van der Waals surface area (Å²) in [6.07, 6.45) is 1.52. The zero-order chi connectivity index (χ0) is 18.2. The summed E-state index contributed by atoms with van der Waals surface area (Å²) in [7, 11) is 0. The first-order valence-corrected chi connectivity index (χ1v) is 8.05. The summed E-state index contributed by atoms with van der Waals surface area (Å²) in [5, 5.41) is 14.2. The predicted octanol–water partition coefficient (Wildman–Crippen LogP) is 0.973. The number of imide groups is 1. The van der Waals surface area contributed by atoms with Crippen molar-refractivity contribution in [3.63, 3.8) is 0 Å². The molecule has 3 N–H and O–H groups in total. The number of urea groups is 1. The van der Waals surface area contributed by atoms with E-state index in [1.165, 1.54) is 0 Å². The lowest BCUT2D eigenvalue weighted by atomic mass is 9.96. The first kappa shape index (κ1) is 16.9. The van der Waals surface area contributed by atoms with Crippen molar-refractivity contribution in [2.45, 2.75) is 31.7 Å². The highest BCUT2D eigenvalue weighted by Gasteiger charge is 2.56. The Hall–Kier alpha value is -2.90. The second-order valence-corrected chi connectivity index (χ2v) is 6.57. The Labute approximate surface area is 144 Å². The van der Waals surface area contributed by atoms with Crippen LogP contribution >= 0.6 is 0 Å². The fourth-order valence-corrected chi connectivity index (χ4v) is 3.09. The number of carbonyl (C=O) groups is 4. The van der Waals surface area contributed by atoms with Crippen LogP contribution in [0.25, 0.3) is 0 Å². The number of aliphatic carboxylic acids is 1. The summed E-state index contributed by atoms with van der Waals surface area (Å²) in [5.41, 5.74) is -0.131. The van der Waals surface area contributed by atoms with Crippen LogP contribution < -0.4 is 10.6 Å². The van der Waals surface area contributed by atoms with E-state index in [0.29, 0.717) is 11.3 Å². The molecule has 25 heavy (non-hydrogen) atoms. The number of carboxylic acids is 1. The zero-order valence-electron chi connectivity index (χ0n) is 13.7. The van der Waals surface area contributed by atoms with Gasteiger partial charge in [-0.25, -0.2) is 4.79 Å². The lowest BCUT2D eigenvalue weighted by molar-refractivity contribution is -0.136. The number of nitrogens with one attached hydrogen (secondary N) is 2. The maximum absolute atomic E-state index is 12.5. The lowest BCUT2D eigenvalue weighted by Crippen LogP contribution is -2.46. The van der Waals surface area contributed by atoms with Crippen LogP contribution in [0.15, 0.2) is 24.3 Å². The first-order valence-electron chi connectivity index (χ1n) is 8.05. The molecule has 3 rings (SSSR count). The first-order chi connectivity index (χ1) is 11.8. The standard InChI is InChI=1S/C17H19N3O5/c1-17(11-6-7-11)15(24)20(16(25)19-17)9-13(21)18-12-5-3-2-4-10(12)8-14(22)23/h2-5,11H,6-9H2,1H3,(H,18,21)(H,19,25)(H,22,23). The number of para-hydroxylation sites is 1. The van der Waals surface area contributed by atoms with Crippen LogP contribution in [0.4, 0.5) is 10.5 Å². The maximum Gasteiger partial charge on any atom is 0.325 e. The molecule has 1 aromatic carbocycles. The molecule has 8 heteroatoms. The van der Waals surface area contributed by atoms with Gasteiger partial charge in [-0.3, -0.25) is 19.3 Å². The van der Waals surface area contributed by atoms with Crippen molar-refractivity contribution in [3.8, 4) is 0 Å². The topological polar surface area (TPSA) is 116 Å². The fraction of sp³-hybridized carbons (Fsp3) is 0.412. The summed E-state index contributed by atoms with van der Waals surface area (Å²) >= 11 is 0. The third kappa shape index (κ3) is 3.33. The molecule has 2 aliphatic rings. The van der Waals surface area contributed by atoms with E-state index < -0.39 is 35.9 Å². The molecule has 0 aromatic heterocycles. The van der Waals surface area contributed by atoms with Crippen molar-refractivity contribution in [1.82, 2.24) is 10.2 Å². The number of anilines is 1. The average molecular weight is 345 g/mol. The molecule has 4 amide bonds. The number of hydrogen-bond donors (Lipinski definition) is 3. The van der Waals surface area contributed by atoms with Crippen molar-refractivity contribution < 1.29 is 24.3 Å². The van der Waals surface area contributed by atoms with Gasteiger partial charge in [0, 0.05) is 5.69 Å². The van der Waals surface area contributed by atoms with E-state index in [0.717, 1.165) is 17.7 Å². The van der Waals surface area contributed by atoms with Crippen LogP contribution in [0, 0.1) is 5.92 Å². The SMILES string of the molecule is CC1(C2CC2)NC(=O)N(CC(=O)Nc2ccccc2CC(=O)O)C1=O. The molecule has 1 aliphatic carbocycles. The monoisotopic (exact) mass is 345 g/mol. The molecule has 0 bridgehead atoms. The van der Waals surface area contributed by atoms with Crippen molar-refractivity contribution in [1.29, 1.82) is 0 Å². The van der Waals surface area contributed by atoms with Crippen molar-refractivity contribution in [2.75, 3.05) is 11.9 Å². The minimum Gasteiger partial charge on any atom is -0.481 e. The van der Waals surface area contributed by atoms with E-state index >= 15 is 0 Å². The highest BCUT2D eigenvalue weighted by molar-refractivity contribution is 6.10. The van der Waals surface area contributed by atoms with Crippen LogP contribution in [0.3, 0.4) is 0 Å². The Kier molecular flexibility index (Phi) is 4.20. The van der Waals surface area contributed by atoms with Crippen molar-refractivity contribution >= 4 is 29.5 Å². The second-order valence-electron chi connectivity index (χ2n) is 6.57. The number of amides is 4. The van der Waals surface area contributed by atoms with E-state index in [1.54, 1.807) is 31.2 Å². The summed E-state index contributed by atoms with van der Waals surface area (Å²) in [6, 6.07) is 5.94. The Morgan fingerprint density at radius 2 is 2.00 bits per heavy atom. The number of carboxylic acid groups (broad SMARTS) is 1. The molecule has 1 unspecified atom stereocenters. The Bertz CT molecular complexity index is 758. The predicted molar refractivity (Wildman–Crippen MR) is 87.8 cm³/mol. The molecule has 8 nitrogen and oxygen atoms in total. The third-order valence-electron chi connectivity index (χ3n) is 4.63. The number of nitrogens with zero attached hydrogens (tertiary/aromatic N) is 1. The average Bonchev–Trinajstić information content (AvgIpc) is 3.35. The van der Waals surface area contributed by atoms with Gasteiger partial charge in [0.15, 0.2) is 0 Å². The maximum atomic E-state index is 12.5. The molecule has 132 valence electrons. The van der Waals surface area contributed by atoms with E-state index in [4.69, 9.17) is 5.11 Å². The van der Waals surface area contributed by atoms with Gasteiger partial charge in [0.1, 0.15) is 12.1 Å². The van der Waals surface area contributed by atoms with Crippen molar-refractivity contribution in [2.24, 2.45) is 5.92 Å². The van der Waals surface area contributed by atoms with Gasteiger partial charge in [-0.1, -0.05) is 18.2 Å². The molecule has 1 atom stereocenters. The van der Waals surface area contributed by atoms with Gasteiger partial charge < -0.3 is 15.7 Å². The van der Waals surface area contributed by atoms with Crippen LogP contribution in [0.1, 0.15) is 25.3 Å². The van der Waals surface area contributed by atoms with Gasteiger partial charge in [0.25, 0.3) is 5.91 Å². The lowest BCUT2D eigenvalue weighted by Gasteiger charge is -2.20. The van der Waals surface area contributed by atoms with Crippen molar-refractivity contribution in [3.05, 3.63) is 29.8 Å². The van der Waals surface area contributed by atoms with Gasteiger partial charge >= 0.3 is 12.0 Å². The molecule has 2 fully saturated rings. The highest BCUT2D eigenvalue weighted by atomic mass is 16.4. The van der Waals surface area contributed by atoms with Gasteiger partial charge in [0.2, 0.25) is 5.91 Å². The smallest absolute Gasteiger partial charge is 0.325 e. The fourth-order valence-electron chi connectivity index (χ4n) is 3.09. The van der Waals surface area contributed by atoms with E-state index in [-0.39, 0.29) is 12.3 Å². The van der Waals surface area contributed by atoms with Gasteiger partial charge in [0.05, 0.1) is 6.42 Å². The zero-order valence-corrected chi connectivity index (χ0v) is 13.7. The van der Waals surface area contributed by atoms with Gasteiger partial charge in [-0.15, -0.1) is 0 Å². The van der Waals surface area contributed by atoms with E-state index in [2.05, 4.69) is 10.6 Å². The number of hydrogen-bond acceptors (Lipinski definition) is 4. The normalized spacial score (nSPS) is 22.7. The number of benzene rings is 1.